The molecule has 0 saturated heterocycles. The molecule has 0 aliphatic carbocycles. The Morgan fingerprint density at radius 2 is 2.16 bits per heavy atom. The summed E-state index contributed by atoms with van der Waals surface area (Å²) in [7, 11) is 3.67. The van der Waals surface area contributed by atoms with Crippen LogP contribution in [-0.4, -0.2) is 41.8 Å². The Morgan fingerprint density at radius 3 is 2.84 bits per heavy atom. The minimum Gasteiger partial charge on any atom is -0.486 e. The number of hydrogen-bond acceptors (Lipinski definition) is 5. The summed E-state index contributed by atoms with van der Waals surface area (Å²) in [6.45, 7) is 7.33. The van der Waals surface area contributed by atoms with Crippen molar-refractivity contribution in [3.8, 4) is 5.75 Å². The van der Waals surface area contributed by atoms with E-state index >= 15 is 4.39 Å². The molecule has 0 atom stereocenters. The molecule has 0 unspecified atom stereocenters. The Kier molecular flexibility index (Phi) is 6.71. The van der Waals surface area contributed by atoms with Gasteiger partial charge in [0, 0.05) is 14.1 Å². The molecule has 0 aliphatic heterocycles. The van der Waals surface area contributed by atoms with E-state index in [1.165, 1.54) is 18.3 Å². The van der Waals surface area contributed by atoms with Crippen molar-refractivity contribution in [3.05, 3.63) is 77.8 Å². The number of amides is 1. The zero-order chi connectivity index (χ0) is 22.5. The van der Waals surface area contributed by atoms with E-state index in [1.807, 2.05) is 19.0 Å². The molecule has 0 aliphatic rings. The number of aromatic amines is 1. The number of fused-ring (bicyclic) bond motifs is 1. The van der Waals surface area contributed by atoms with E-state index in [-0.39, 0.29) is 22.9 Å². The average Bonchev–Trinajstić information content (AvgIpc) is 3.16. The van der Waals surface area contributed by atoms with Crippen LogP contribution in [-0.2, 0) is 0 Å². The Hall–Kier alpha value is -3.65. The number of ether oxygens (including phenoxy) is 1. The number of anilines is 2. The number of aromatic nitrogens is 3. The van der Waals surface area contributed by atoms with E-state index in [0.717, 1.165) is 0 Å². The maximum Gasteiger partial charge on any atom is 0.260 e. The van der Waals surface area contributed by atoms with E-state index in [0.29, 0.717) is 28.1 Å². The van der Waals surface area contributed by atoms with Crippen LogP contribution in [0, 0.1) is 5.82 Å². The first-order valence-electron chi connectivity index (χ1n) is 9.23. The monoisotopic (exact) mass is 441 g/mol. The van der Waals surface area contributed by atoms with Crippen LogP contribution in [0.5, 0.6) is 5.75 Å². The number of halogens is 2. The van der Waals surface area contributed by atoms with Gasteiger partial charge in [0.1, 0.15) is 6.61 Å². The van der Waals surface area contributed by atoms with Crippen molar-refractivity contribution >= 4 is 40.0 Å². The molecule has 160 valence electrons. The maximum atomic E-state index is 15.0. The van der Waals surface area contributed by atoms with Crippen LogP contribution in [0.1, 0.15) is 10.4 Å². The number of hydrogen-bond donors (Lipinski definition) is 2. The summed E-state index contributed by atoms with van der Waals surface area (Å²) in [5.41, 5.74) is 1.30. The quantitative estimate of drug-likeness (QED) is 0.493. The van der Waals surface area contributed by atoms with Gasteiger partial charge in [-0.1, -0.05) is 43.0 Å². The van der Waals surface area contributed by atoms with Crippen LogP contribution in [0.2, 0.25) is 5.02 Å². The summed E-state index contributed by atoms with van der Waals surface area (Å²) in [4.78, 5) is 18.8. The molecule has 0 radical (unpaired) electrons. The van der Waals surface area contributed by atoms with E-state index in [1.54, 1.807) is 24.3 Å². The second-order valence-electron chi connectivity index (χ2n) is 6.72. The first-order valence-corrected chi connectivity index (χ1v) is 9.61. The van der Waals surface area contributed by atoms with Crippen molar-refractivity contribution in [2.75, 3.05) is 30.9 Å². The number of H-pyrrole nitrogens is 1. The highest BCUT2D eigenvalue weighted by molar-refractivity contribution is 6.34. The molecule has 1 amide bonds. The summed E-state index contributed by atoms with van der Waals surface area (Å²) in [5.74, 6) is -1.04. The first-order chi connectivity index (χ1) is 14.8. The number of rotatable bonds is 8. The standard InChI is InChI=1S/C22H21ClFN5O2/c1-5-7-13(6-2)12-31-17-9-8-16(23)18(19(17)24)22(30)26-14-10-15-20(25-11-14)27-28-21(15)29(3)4/h5-11H,1-2,12H2,3-4H3,(H,26,30)(H,25,27,28)/b13-7+. The Morgan fingerprint density at radius 1 is 1.39 bits per heavy atom. The number of pyridine rings is 1. The molecule has 2 aromatic heterocycles. The molecule has 3 rings (SSSR count). The highest BCUT2D eigenvalue weighted by atomic mass is 35.5. The normalized spacial score (nSPS) is 11.3. The highest BCUT2D eigenvalue weighted by Gasteiger charge is 2.21. The lowest BCUT2D eigenvalue weighted by Crippen LogP contribution is -2.16. The summed E-state index contributed by atoms with van der Waals surface area (Å²) >= 11 is 6.11. The number of allylic oxidation sites excluding steroid dienone is 2. The lowest BCUT2D eigenvalue weighted by Gasteiger charge is -2.13. The maximum absolute atomic E-state index is 15.0. The molecule has 9 heteroatoms. The smallest absolute Gasteiger partial charge is 0.260 e. The molecule has 2 N–H and O–H groups in total. The van der Waals surface area contributed by atoms with Gasteiger partial charge in [-0.2, -0.15) is 5.10 Å². The van der Waals surface area contributed by atoms with E-state index in [2.05, 4.69) is 33.7 Å². The predicted octanol–water partition coefficient (Wildman–Crippen LogP) is 4.75. The minimum absolute atomic E-state index is 0.0424. The summed E-state index contributed by atoms with van der Waals surface area (Å²) in [6.07, 6.45) is 6.28. The van der Waals surface area contributed by atoms with Crippen molar-refractivity contribution in [2.24, 2.45) is 0 Å². The van der Waals surface area contributed by atoms with Crippen molar-refractivity contribution in [2.45, 2.75) is 0 Å². The fourth-order valence-corrected chi connectivity index (χ4v) is 3.07. The molecule has 1 aromatic carbocycles. The van der Waals surface area contributed by atoms with Crippen molar-refractivity contribution in [3.63, 3.8) is 0 Å². The Bertz CT molecular complexity index is 1190. The minimum atomic E-state index is -0.863. The van der Waals surface area contributed by atoms with E-state index in [9.17, 15) is 4.79 Å². The van der Waals surface area contributed by atoms with Gasteiger partial charge in [0.15, 0.2) is 23.0 Å². The van der Waals surface area contributed by atoms with Crippen molar-refractivity contribution in [1.29, 1.82) is 0 Å². The predicted molar refractivity (Wildman–Crippen MR) is 122 cm³/mol. The number of nitrogens with one attached hydrogen (secondary N) is 2. The largest absolute Gasteiger partial charge is 0.486 e. The van der Waals surface area contributed by atoms with E-state index in [4.69, 9.17) is 16.3 Å². The van der Waals surface area contributed by atoms with Crippen LogP contribution in [0.3, 0.4) is 0 Å². The van der Waals surface area contributed by atoms with Crippen LogP contribution in [0.4, 0.5) is 15.9 Å². The first kappa shape index (κ1) is 22.0. The molecular weight excluding hydrogens is 421 g/mol. The van der Waals surface area contributed by atoms with E-state index < -0.39 is 11.7 Å². The number of carbonyl (C=O) groups excluding carboxylic acids is 1. The number of nitrogens with zero attached hydrogens (tertiary/aromatic N) is 3. The fourth-order valence-electron chi connectivity index (χ4n) is 2.83. The summed E-state index contributed by atoms with van der Waals surface area (Å²) < 4.78 is 20.5. The van der Waals surface area contributed by atoms with Gasteiger partial charge >= 0.3 is 0 Å². The zero-order valence-electron chi connectivity index (χ0n) is 17.1. The zero-order valence-corrected chi connectivity index (χ0v) is 17.8. The van der Waals surface area contributed by atoms with Gasteiger partial charge in [-0.3, -0.25) is 9.89 Å². The molecule has 0 spiro atoms. The lowest BCUT2D eigenvalue weighted by molar-refractivity contribution is 0.102. The molecule has 3 aromatic rings. The second-order valence-corrected chi connectivity index (χ2v) is 7.13. The van der Waals surface area contributed by atoms with Crippen LogP contribution in [0.15, 0.2) is 61.4 Å². The summed E-state index contributed by atoms with van der Waals surface area (Å²) in [5, 5.41) is 10.3. The van der Waals surface area contributed by atoms with Crippen LogP contribution in [0.25, 0.3) is 11.0 Å². The topological polar surface area (TPSA) is 83.1 Å². The van der Waals surface area contributed by atoms with Gasteiger partial charge in [-0.15, -0.1) is 0 Å². The molecule has 0 fully saturated rings. The summed E-state index contributed by atoms with van der Waals surface area (Å²) in [6, 6.07) is 4.47. The Labute approximate surface area is 183 Å². The Balaban J connectivity index is 1.87. The third-order valence-corrected chi connectivity index (χ3v) is 4.66. The van der Waals surface area contributed by atoms with Crippen molar-refractivity contribution < 1.29 is 13.9 Å². The number of carbonyl (C=O) groups is 1. The highest BCUT2D eigenvalue weighted by Crippen LogP contribution is 2.29. The van der Waals surface area contributed by atoms with Gasteiger partial charge in [0.2, 0.25) is 0 Å². The lowest BCUT2D eigenvalue weighted by atomic mass is 10.1. The molecule has 2 heterocycles. The molecule has 0 bridgehead atoms. The number of benzene rings is 1. The molecule has 7 nitrogen and oxygen atoms in total. The third-order valence-electron chi connectivity index (χ3n) is 4.35. The SMILES string of the molecule is C=C/C=C(\C=C)COc1ccc(Cl)c(C(=O)Nc2cnc3[nH]nc(N(C)C)c3c2)c1F. The molecule has 0 saturated carbocycles. The van der Waals surface area contributed by atoms with Gasteiger partial charge in [-0.05, 0) is 23.8 Å². The average molecular weight is 442 g/mol. The fraction of sp³-hybridized carbons (Fsp3) is 0.136. The van der Waals surface area contributed by atoms with Gasteiger partial charge in [0.05, 0.1) is 27.9 Å². The second kappa shape index (κ2) is 9.44. The molecule has 31 heavy (non-hydrogen) atoms. The van der Waals surface area contributed by atoms with Gasteiger partial charge in [0.25, 0.3) is 5.91 Å². The molecular formula is C22H21ClFN5O2. The van der Waals surface area contributed by atoms with Gasteiger partial charge < -0.3 is 15.0 Å². The van der Waals surface area contributed by atoms with Crippen molar-refractivity contribution in [1.82, 2.24) is 15.2 Å². The van der Waals surface area contributed by atoms with Crippen LogP contribution < -0.4 is 15.0 Å². The van der Waals surface area contributed by atoms with Crippen LogP contribution >= 0.6 is 11.6 Å². The third kappa shape index (κ3) is 4.75. The van der Waals surface area contributed by atoms with Gasteiger partial charge in [-0.25, -0.2) is 9.37 Å².